The van der Waals surface area contributed by atoms with E-state index in [4.69, 9.17) is 16.3 Å². The van der Waals surface area contributed by atoms with Crippen LogP contribution in [0.2, 0.25) is 5.02 Å². The van der Waals surface area contributed by atoms with Crippen LogP contribution >= 0.6 is 11.6 Å². The zero-order valence-corrected chi connectivity index (χ0v) is 10.1. The van der Waals surface area contributed by atoms with E-state index in [1.54, 1.807) is 24.3 Å². The highest BCUT2D eigenvalue weighted by atomic mass is 35.5. The lowest BCUT2D eigenvalue weighted by Crippen LogP contribution is -2.46. The Morgan fingerprint density at radius 1 is 1.41 bits per heavy atom. The third kappa shape index (κ3) is 2.32. The molecule has 4 nitrogen and oxygen atoms in total. The van der Waals surface area contributed by atoms with E-state index < -0.39 is 23.9 Å². The summed E-state index contributed by atoms with van der Waals surface area (Å²) in [4.78, 5) is 0. The Bertz CT molecular complexity index is 390. The molecule has 0 aliphatic carbocycles. The molecule has 5 heteroatoms. The van der Waals surface area contributed by atoms with Crippen LogP contribution in [-0.4, -0.2) is 39.7 Å². The molecule has 1 saturated heterocycles. The molecule has 2 rings (SSSR count). The molecule has 0 bridgehead atoms. The van der Waals surface area contributed by atoms with Gasteiger partial charge in [0.15, 0.2) is 0 Å². The number of hydrogen-bond acceptors (Lipinski definition) is 4. The minimum atomic E-state index is -1.46. The predicted octanol–water partition coefficient (Wildman–Crippen LogP) is 0.884. The molecule has 3 N–H and O–H groups in total. The van der Waals surface area contributed by atoms with Gasteiger partial charge in [-0.05, 0) is 24.6 Å². The van der Waals surface area contributed by atoms with Gasteiger partial charge in [0.2, 0.25) is 0 Å². The maximum Gasteiger partial charge on any atom is 0.119 e. The number of halogens is 1. The van der Waals surface area contributed by atoms with E-state index in [0.717, 1.165) is 0 Å². The Morgan fingerprint density at radius 2 is 2.00 bits per heavy atom. The Hall–Kier alpha value is -0.650. The maximum atomic E-state index is 10.1. The SMILES string of the molecule is CC1(O)C(O)CO[C@@H]1C(O)c1ccc(Cl)cc1. The maximum absolute atomic E-state index is 10.1. The van der Waals surface area contributed by atoms with Crippen molar-refractivity contribution in [2.75, 3.05) is 6.61 Å². The van der Waals surface area contributed by atoms with Crippen molar-refractivity contribution < 1.29 is 20.1 Å². The summed E-state index contributed by atoms with van der Waals surface area (Å²) in [5, 5.41) is 30.3. The van der Waals surface area contributed by atoms with E-state index in [1.165, 1.54) is 6.92 Å². The van der Waals surface area contributed by atoms with Gasteiger partial charge in [-0.1, -0.05) is 23.7 Å². The molecule has 4 atom stereocenters. The third-order valence-corrected chi connectivity index (χ3v) is 3.43. The van der Waals surface area contributed by atoms with Crippen molar-refractivity contribution in [1.82, 2.24) is 0 Å². The van der Waals surface area contributed by atoms with Gasteiger partial charge in [-0.25, -0.2) is 0 Å². The van der Waals surface area contributed by atoms with Crippen molar-refractivity contribution in [3.63, 3.8) is 0 Å². The number of aliphatic hydroxyl groups is 3. The molecule has 0 saturated carbocycles. The van der Waals surface area contributed by atoms with Crippen molar-refractivity contribution in [3.05, 3.63) is 34.9 Å². The van der Waals surface area contributed by atoms with Gasteiger partial charge in [-0.2, -0.15) is 0 Å². The van der Waals surface area contributed by atoms with Crippen LogP contribution in [0.5, 0.6) is 0 Å². The molecule has 0 spiro atoms. The molecule has 17 heavy (non-hydrogen) atoms. The number of hydrogen-bond donors (Lipinski definition) is 3. The normalized spacial score (nSPS) is 34.9. The molecule has 94 valence electrons. The Kier molecular flexibility index (Phi) is 3.43. The fourth-order valence-electron chi connectivity index (χ4n) is 1.97. The highest BCUT2D eigenvalue weighted by Gasteiger charge is 2.49. The van der Waals surface area contributed by atoms with Crippen LogP contribution in [-0.2, 0) is 4.74 Å². The van der Waals surface area contributed by atoms with Crippen LogP contribution in [0, 0.1) is 0 Å². The summed E-state index contributed by atoms with van der Waals surface area (Å²) in [5.41, 5.74) is -0.868. The molecule has 0 radical (unpaired) electrons. The van der Waals surface area contributed by atoms with Crippen LogP contribution in [0.1, 0.15) is 18.6 Å². The first-order chi connectivity index (χ1) is 7.93. The van der Waals surface area contributed by atoms with Crippen molar-refractivity contribution in [1.29, 1.82) is 0 Å². The van der Waals surface area contributed by atoms with Gasteiger partial charge < -0.3 is 20.1 Å². The summed E-state index contributed by atoms with van der Waals surface area (Å²) in [6.45, 7) is 1.47. The first kappa shape index (κ1) is 12.8. The second-order valence-electron chi connectivity index (χ2n) is 4.49. The number of aliphatic hydroxyl groups excluding tert-OH is 2. The molecule has 0 aromatic heterocycles. The van der Waals surface area contributed by atoms with E-state index in [1.807, 2.05) is 0 Å². The molecule has 1 fully saturated rings. The van der Waals surface area contributed by atoms with E-state index >= 15 is 0 Å². The highest BCUT2D eigenvalue weighted by Crippen LogP contribution is 2.34. The average molecular weight is 259 g/mol. The Labute approximate surface area is 104 Å². The van der Waals surface area contributed by atoms with Crippen molar-refractivity contribution in [3.8, 4) is 0 Å². The van der Waals surface area contributed by atoms with Crippen LogP contribution in [0.25, 0.3) is 0 Å². The standard InChI is InChI=1S/C12H15ClO4/c1-12(16)9(14)6-17-11(12)10(15)7-2-4-8(13)5-3-7/h2-5,9-11,14-16H,6H2,1H3/t9?,10?,11-,12?/m1/s1. The fraction of sp³-hybridized carbons (Fsp3) is 0.500. The van der Waals surface area contributed by atoms with Gasteiger partial charge in [0.05, 0.1) is 6.61 Å². The number of benzene rings is 1. The molecule has 1 aliphatic heterocycles. The average Bonchev–Trinajstić information content (AvgIpc) is 2.54. The topological polar surface area (TPSA) is 69.9 Å². The van der Waals surface area contributed by atoms with Crippen LogP contribution in [0.4, 0.5) is 0 Å². The fourth-order valence-corrected chi connectivity index (χ4v) is 2.09. The van der Waals surface area contributed by atoms with Crippen molar-refractivity contribution in [2.45, 2.75) is 30.8 Å². The predicted molar refractivity (Wildman–Crippen MR) is 62.8 cm³/mol. The summed E-state index contributed by atoms with van der Waals surface area (Å²) < 4.78 is 5.24. The monoisotopic (exact) mass is 258 g/mol. The van der Waals surface area contributed by atoms with Crippen LogP contribution in [0.3, 0.4) is 0 Å². The molecule has 1 heterocycles. The summed E-state index contributed by atoms with van der Waals surface area (Å²) in [5.74, 6) is 0. The van der Waals surface area contributed by atoms with Gasteiger partial charge in [-0.3, -0.25) is 0 Å². The number of rotatable bonds is 2. The summed E-state index contributed by atoms with van der Waals surface area (Å²) >= 11 is 5.75. The second-order valence-corrected chi connectivity index (χ2v) is 4.93. The smallest absolute Gasteiger partial charge is 0.119 e. The van der Waals surface area contributed by atoms with Gasteiger partial charge in [0.1, 0.15) is 23.9 Å². The lowest BCUT2D eigenvalue weighted by Gasteiger charge is -2.30. The molecular formula is C12H15ClO4. The lowest BCUT2D eigenvalue weighted by atomic mass is 9.89. The quantitative estimate of drug-likeness (QED) is 0.737. The summed E-state index contributed by atoms with van der Waals surface area (Å²) in [6.07, 6.45) is -2.84. The molecule has 1 aromatic carbocycles. The number of ether oxygens (including phenoxy) is 1. The zero-order chi connectivity index (χ0) is 12.6. The molecular weight excluding hydrogens is 244 g/mol. The van der Waals surface area contributed by atoms with E-state index in [2.05, 4.69) is 0 Å². The summed E-state index contributed by atoms with van der Waals surface area (Å²) in [7, 11) is 0. The second kappa shape index (κ2) is 4.55. The largest absolute Gasteiger partial charge is 0.388 e. The highest BCUT2D eigenvalue weighted by molar-refractivity contribution is 6.30. The lowest BCUT2D eigenvalue weighted by molar-refractivity contribution is -0.108. The van der Waals surface area contributed by atoms with E-state index in [-0.39, 0.29) is 6.61 Å². The Balaban J connectivity index is 2.21. The Morgan fingerprint density at radius 3 is 2.47 bits per heavy atom. The minimum Gasteiger partial charge on any atom is -0.388 e. The van der Waals surface area contributed by atoms with Gasteiger partial charge in [0, 0.05) is 5.02 Å². The van der Waals surface area contributed by atoms with Crippen molar-refractivity contribution >= 4 is 11.6 Å². The first-order valence-corrected chi connectivity index (χ1v) is 5.76. The third-order valence-electron chi connectivity index (χ3n) is 3.18. The minimum absolute atomic E-state index is 0.0162. The van der Waals surface area contributed by atoms with Gasteiger partial charge in [0.25, 0.3) is 0 Å². The molecule has 1 aliphatic rings. The summed E-state index contributed by atoms with van der Waals surface area (Å²) in [6, 6.07) is 6.63. The van der Waals surface area contributed by atoms with Crippen LogP contribution in [0.15, 0.2) is 24.3 Å². The molecule has 1 aromatic rings. The van der Waals surface area contributed by atoms with E-state index in [0.29, 0.717) is 10.6 Å². The first-order valence-electron chi connectivity index (χ1n) is 5.38. The molecule has 3 unspecified atom stereocenters. The van der Waals surface area contributed by atoms with Crippen LogP contribution < -0.4 is 0 Å². The zero-order valence-electron chi connectivity index (χ0n) is 9.38. The van der Waals surface area contributed by atoms with Gasteiger partial charge >= 0.3 is 0 Å². The van der Waals surface area contributed by atoms with E-state index in [9.17, 15) is 15.3 Å². The van der Waals surface area contributed by atoms with Crippen molar-refractivity contribution in [2.24, 2.45) is 0 Å². The molecule has 0 amide bonds. The van der Waals surface area contributed by atoms with Gasteiger partial charge in [-0.15, -0.1) is 0 Å².